The van der Waals surface area contributed by atoms with Crippen LogP contribution >= 0.6 is 47.8 Å². The van der Waals surface area contributed by atoms with Crippen molar-refractivity contribution < 1.29 is 4.79 Å². The standard InChI is InChI=1S/C10H9Br3O/c1-6(14)10(13)9-7(5-11)3-2-4-8(9)12/h2-4,10H,5H2,1H3. The molecule has 0 aliphatic carbocycles. The summed E-state index contributed by atoms with van der Waals surface area (Å²) >= 11 is 10.3. The van der Waals surface area contributed by atoms with Crippen molar-refractivity contribution in [1.82, 2.24) is 0 Å². The molecule has 0 amide bonds. The van der Waals surface area contributed by atoms with Crippen LogP contribution in [0.25, 0.3) is 0 Å². The Morgan fingerprint density at radius 1 is 1.50 bits per heavy atom. The fourth-order valence-corrected chi connectivity index (χ4v) is 3.16. The third-order valence-corrected chi connectivity index (χ3v) is 4.30. The molecular formula is C10H9Br3O. The number of alkyl halides is 2. The lowest BCUT2D eigenvalue weighted by molar-refractivity contribution is -0.116. The quantitative estimate of drug-likeness (QED) is 0.707. The molecule has 1 aromatic carbocycles. The van der Waals surface area contributed by atoms with Crippen LogP contribution in [0, 0.1) is 0 Å². The predicted molar refractivity (Wildman–Crippen MR) is 69.1 cm³/mol. The van der Waals surface area contributed by atoms with E-state index in [1.165, 1.54) is 0 Å². The Balaban J connectivity index is 3.23. The van der Waals surface area contributed by atoms with Gasteiger partial charge >= 0.3 is 0 Å². The van der Waals surface area contributed by atoms with Crippen LogP contribution in [0.15, 0.2) is 22.7 Å². The second kappa shape index (κ2) is 5.42. The van der Waals surface area contributed by atoms with Crippen molar-refractivity contribution in [3.63, 3.8) is 0 Å². The Hall–Kier alpha value is 0.330. The van der Waals surface area contributed by atoms with Gasteiger partial charge in [-0.2, -0.15) is 0 Å². The Labute approximate surface area is 109 Å². The second-order valence-electron chi connectivity index (χ2n) is 2.92. The molecule has 4 heteroatoms. The predicted octanol–water partition coefficient (Wildman–Crippen LogP) is 4.37. The molecule has 0 saturated carbocycles. The van der Waals surface area contributed by atoms with Gasteiger partial charge < -0.3 is 0 Å². The van der Waals surface area contributed by atoms with Crippen molar-refractivity contribution in [3.8, 4) is 0 Å². The molecule has 0 aromatic heterocycles. The maximum absolute atomic E-state index is 11.3. The first kappa shape index (κ1) is 12.4. The highest BCUT2D eigenvalue weighted by Crippen LogP contribution is 2.34. The number of hydrogen-bond donors (Lipinski definition) is 0. The van der Waals surface area contributed by atoms with E-state index in [-0.39, 0.29) is 10.6 Å². The van der Waals surface area contributed by atoms with Crippen LogP contribution in [0.2, 0.25) is 0 Å². The lowest BCUT2D eigenvalue weighted by atomic mass is 10.0. The van der Waals surface area contributed by atoms with Crippen molar-refractivity contribution in [3.05, 3.63) is 33.8 Å². The van der Waals surface area contributed by atoms with E-state index in [9.17, 15) is 4.79 Å². The van der Waals surface area contributed by atoms with Gasteiger partial charge in [-0.1, -0.05) is 59.9 Å². The van der Waals surface area contributed by atoms with Crippen LogP contribution in [0.1, 0.15) is 22.9 Å². The number of rotatable bonds is 3. The van der Waals surface area contributed by atoms with Gasteiger partial charge in [0.15, 0.2) is 0 Å². The summed E-state index contributed by atoms with van der Waals surface area (Å²) in [5.74, 6) is 0.110. The number of benzene rings is 1. The van der Waals surface area contributed by atoms with Gasteiger partial charge in [-0.3, -0.25) is 4.79 Å². The van der Waals surface area contributed by atoms with E-state index in [4.69, 9.17) is 0 Å². The van der Waals surface area contributed by atoms with Gasteiger partial charge in [-0.25, -0.2) is 0 Å². The van der Waals surface area contributed by atoms with Crippen molar-refractivity contribution in [2.75, 3.05) is 0 Å². The van der Waals surface area contributed by atoms with E-state index < -0.39 is 0 Å². The van der Waals surface area contributed by atoms with Gasteiger partial charge in [0.25, 0.3) is 0 Å². The van der Waals surface area contributed by atoms with Crippen LogP contribution in [-0.2, 0) is 10.1 Å². The highest BCUT2D eigenvalue weighted by molar-refractivity contribution is 9.11. The van der Waals surface area contributed by atoms with E-state index in [1.807, 2.05) is 18.2 Å². The van der Waals surface area contributed by atoms with Crippen LogP contribution in [0.4, 0.5) is 0 Å². The van der Waals surface area contributed by atoms with E-state index in [2.05, 4.69) is 47.8 Å². The lowest BCUT2D eigenvalue weighted by Crippen LogP contribution is -2.04. The van der Waals surface area contributed by atoms with Crippen molar-refractivity contribution >= 4 is 53.6 Å². The third-order valence-electron chi connectivity index (χ3n) is 1.90. The highest BCUT2D eigenvalue weighted by Gasteiger charge is 2.18. The summed E-state index contributed by atoms with van der Waals surface area (Å²) in [5, 5.41) is 0.747. The Morgan fingerprint density at radius 3 is 2.64 bits per heavy atom. The fourth-order valence-electron chi connectivity index (χ4n) is 1.19. The molecule has 0 radical (unpaired) electrons. The molecule has 0 fully saturated rings. The van der Waals surface area contributed by atoms with E-state index in [0.717, 1.165) is 20.9 Å². The van der Waals surface area contributed by atoms with Gasteiger partial charge in [0.1, 0.15) is 5.78 Å². The largest absolute Gasteiger partial charge is 0.298 e. The van der Waals surface area contributed by atoms with Crippen LogP contribution in [0.3, 0.4) is 0 Å². The number of halogens is 3. The van der Waals surface area contributed by atoms with Crippen LogP contribution in [-0.4, -0.2) is 5.78 Å². The molecule has 14 heavy (non-hydrogen) atoms. The lowest BCUT2D eigenvalue weighted by Gasteiger charge is -2.13. The average molecular weight is 385 g/mol. The summed E-state index contributed by atoms with van der Waals surface area (Å²) in [5.41, 5.74) is 2.13. The Bertz CT molecular complexity index is 349. The summed E-state index contributed by atoms with van der Waals surface area (Å²) in [7, 11) is 0. The molecule has 0 aliphatic heterocycles. The molecule has 0 aliphatic rings. The number of Topliss-reactive ketones (excluding diaryl/α,β-unsaturated/α-hetero) is 1. The average Bonchev–Trinajstić information content (AvgIpc) is 2.16. The summed E-state index contributed by atoms with van der Waals surface area (Å²) in [4.78, 5) is 11.1. The zero-order valence-electron chi connectivity index (χ0n) is 7.56. The number of hydrogen-bond acceptors (Lipinski definition) is 1. The van der Waals surface area contributed by atoms with Gasteiger partial charge in [0, 0.05) is 9.80 Å². The summed E-state index contributed by atoms with van der Waals surface area (Å²) in [6.07, 6.45) is 0. The zero-order valence-corrected chi connectivity index (χ0v) is 12.3. The second-order valence-corrected chi connectivity index (χ2v) is 5.25. The smallest absolute Gasteiger partial charge is 0.147 e. The van der Waals surface area contributed by atoms with Gasteiger partial charge in [0.05, 0.1) is 4.83 Å². The monoisotopic (exact) mass is 382 g/mol. The Morgan fingerprint density at radius 2 is 2.14 bits per heavy atom. The topological polar surface area (TPSA) is 17.1 Å². The third kappa shape index (κ3) is 2.67. The maximum atomic E-state index is 11.3. The Kier molecular flexibility index (Phi) is 4.80. The van der Waals surface area contributed by atoms with Gasteiger partial charge in [0.2, 0.25) is 0 Å². The molecule has 1 aromatic rings. The molecule has 76 valence electrons. The van der Waals surface area contributed by atoms with Gasteiger partial charge in [-0.05, 0) is 24.1 Å². The van der Waals surface area contributed by atoms with Crippen LogP contribution in [0.5, 0.6) is 0 Å². The highest BCUT2D eigenvalue weighted by atomic mass is 79.9. The SMILES string of the molecule is CC(=O)C(Br)c1c(Br)cccc1CBr. The molecular weight excluding hydrogens is 376 g/mol. The van der Waals surface area contributed by atoms with E-state index in [1.54, 1.807) is 6.92 Å². The summed E-state index contributed by atoms with van der Waals surface area (Å²) < 4.78 is 0.964. The van der Waals surface area contributed by atoms with E-state index in [0.29, 0.717) is 0 Å². The zero-order chi connectivity index (χ0) is 10.7. The summed E-state index contributed by atoms with van der Waals surface area (Å²) in [6, 6.07) is 5.91. The molecule has 1 rings (SSSR count). The molecule has 0 bridgehead atoms. The van der Waals surface area contributed by atoms with E-state index >= 15 is 0 Å². The minimum absolute atomic E-state index is 0.110. The molecule has 1 atom stereocenters. The first-order valence-corrected chi connectivity index (χ1v) is 6.88. The number of ketones is 1. The minimum atomic E-state index is -0.231. The minimum Gasteiger partial charge on any atom is -0.298 e. The molecule has 1 nitrogen and oxygen atoms in total. The maximum Gasteiger partial charge on any atom is 0.147 e. The first-order chi connectivity index (χ1) is 6.57. The summed E-state index contributed by atoms with van der Waals surface area (Å²) in [6.45, 7) is 1.58. The van der Waals surface area contributed by atoms with Gasteiger partial charge in [-0.15, -0.1) is 0 Å². The molecule has 0 saturated heterocycles. The first-order valence-electron chi connectivity index (χ1n) is 4.05. The normalized spacial score (nSPS) is 12.6. The molecule has 0 N–H and O–H groups in total. The fraction of sp³-hybridized carbons (Fsp3) is 0.300. The molecule has 0 heterocycles. The van der Waals surface area contributed by atoms with Crippen molar-refractivity contribution in [1.29, 1.82) is 0 Å². The molecule has 1 unspecified atom stereocenters. The van der Waals surface area contributed by atoms with Crippen molar-refractivity contribution in [2.24, 2.45) is 0 Å². The number of carbonyl (C=O) groups is 1. The van der Waals surface area contributed by atoms with Crippen molar-refractivity contribution in [2.45, 2.75) is 17.1 Å². The number of carbonyl (C=O) groups excluding carboxylic acids is 1. The molecule has 0 spiro atoms. The van der Waals surface area contributed by atoms with Crippen LogP contribution < -0.4 is 0 Å².